The van der Waals surface area contributed by atoms with Crippen molar-refractivity contribution in [1.82, 2.24) is 19.6 Å². The van der Waals surface area contributed by atoms with E-state index in [1.54, 1.807) is 0 Å². The van der Waals surface area contributed by atoms with Gasteiger partial charge in [0, 0.05) is 26.2 Å². The van der Waals surface area contributed by atoms with E-state index in [4.69, 9.17) is 4.98 Å². The Kier molecular flexibility index (Phi) is 5.91. The van der Waals surface area contributed by atoms with Crippen molar-refractivity contribution in [2.45, 2.75) is 13.0 Å². The van der Waals surface area contributed by atoms with Crippen molar-refractivity contribution in [3.8, 4) is 0 Å². The minimum absolute atomic E-state index is 0.172. The maximum Gasteiger partial charge on any atom is 0.258 e. The van der Waals surface area contributed by atoms with Gasteiger partial charge in [-0.2, -0.15) is 0 Å². The first-order valence-corrected chi connectivity index (χ1v) is 13.0. The van der Waals surface area contributed by atoms with Gasteiger partial charge in [-0.05, 0) is 49.8 Å². The van der Waals surface area contributed by atoms with E-state index in [1.807, 2.05) is 71.1 Å². The number of likely N-dealkylation sites (N-methyl/N-ethyl adjacent to an activating group) is 1. The highest BCUT2D eigenvalue weighted by atomic mass is 32.1. The summed E-state index contributed by atoms with van der Waals surface area (Å²) in [5.41, 5.74) is 2.41. The molecule has 6 rings (SSSR count). The third-order valence-corrected chi connectivity index (χ3v) is 7.99. The molecule has 36 heavy (non-hydrogen) atoms. The predicted molar refractivity (Wildman–Crippen MR) is 146 cm³/mol. The van der Waals surface area contributed by atoms with Crippen LogP contribution in [0.4, 0.5) is 5.82 Å². The van der Waals surface area contributed by atoms with Gasteiger partial charge in [0.05, 0.1) is 15.6 Å². The predicted octanol–water partition coefficient (Wildman–Crippen LogP) is 4.13. The van der Waals surface area contributed by atoms with Gasteiger partial charge in [-0.1, -0.05) is 42.5 Å². The number of nitrogens with zero attached hydrogens (tertiary/aromatic N) is 4. The van der Waals surface area contributed by atoms with Crippen molar-refractivity contribution >= 4 is 49.1 Å². The van der Waals surface area contributed by atoms with Crippen LogP contribution in [-0.2, 0) is 6.54 Å². The van der Waals surface area contributed by atoms with Crippen molar-refractivity contribution < 1.29 is 4.79 Å². The highest BCUT2D eigenvalue weighted by Crippen LogP contribution is 2.31. The molecular weight excluding hydrogens is 470 g/mol. The fourth-order valence-electron chi connectivity index (χ4n) is 4.90. The summed E-state index contributed by atoms with van der Waals surface area (Å²) in [6.45, 7) is 4.19. The maximum absolute atomic E-state index is 13.7. The Morgan fingerprint density at radius 3 is 2.64 bits per heavy atom. The zero-order valence-electron chi connectivity index (χ0n) is 20.1. The van der Waals surface area contributed by atoms with Gasteiger partial charge in [-0.15, -0.1) is 11.3 Å². The van der Waals surface area contributed by atoms with Gasteiger partial charge >= 0.3 is 0 Å². The molecule has 1 N–H and O–H groups in total. The summed E-state index contributed by atoms with van der Waals surface area (Å²) >= 11 is 1.45. The Labute approximate surface area is 212 Å². The molecule has 1 saturated heterocycles. The number of carbonyl (C=O) groups is 1. The summed E-state index contributed by atoms with van der Waals surface area (Å²) in [6, 6.07) is 21.4. The third-order valence-electron chi connectivity index (χ3n) is 6.84. The van der Waals surface area contributed by atoms with Crippen LogP contribution in [0.1, 0.15) is 22.3 Å². The number of amides is 1. The van der Waals surface area contributed by atoms with E-state index in [9.17, 15) is 9.59 Å². The average molecular weight is 498 g/mol. The summed E-state index contributed by atoms with van der Waals surface area (Å²) in [6.07, 6.45) is 1.06. The van der Waals surface area contributed by atoms with E-state index in [2.05, 4.69) is 22.2 Å². The van der Waals surface area contributed by atoms with Crippen LogP contribution in [0.15, 0.2) is 71.5 Å². The zero-order chi connectivity index (χ0) is 24.6. The standard InChI is InChI=1S/C28H27N5O2S/c1-31-14-7-15-32(17-16-31)23-13-12-20-25(34)24(27(35)29-18-19-8-3-2-4-9-19)28-33(26(20)30-23)21-10-5-6-11-22(21)36-28/h2-6,8-13H,7,14-18H2,1H3,(H,29,35). The molecule has 4 heterocycles. The molecule has 182 valence electrons. The molecule has 0 bridgehead atoms. The molecule has 0 unspecified atom stereocenters. The van der Waals surface area contributed by atoms with Gasteiger partial charge < -0.3 is 15.1 Å². The van der Waals surface area contributed by atoms with Crippen LogP contribution >= 0.6 is 11.3 Å². The molecule has 0 radical (unpaired) electrons. The third kappa shape index (κ3) is 4.02. The molecule has 0 spiro atoms. The van der Waals surface area contributed by atoms with Crippen LogP contribution in [-0.4, -0.2) is 53.4 Å². The first-order valence-electron chi connectivity index (χ1n) is 12.2. The minimum Gasteiger partial charge on any atom is -0.355 e. The van der Waals surface area contributed by atoms with Gasteiger partial charge in [0.15, 0.2) is 5.65 Å². The Bertz CT molecular complexity index is 1640. The molecule has 2 aromatic carbocycles. The summed E-state index contributed by atoms with van der Waals surface area (Å²) in [7, 11) is 2.14. The molecule has 5 aromatic rings. The fourth-order valence-corrected chi connectivity index (χ4v) is 6.08. The lowest BCUT2D eigenvalue weighted by atomic mass is 10.1. The summed E-state index contributed by atoms with van der Waals surface area (Å²) in [5.74, 6) is 0.497. The SMILES string of the molecule is CN1CCCN(c2ccc3c(=O)c(C(=O)NCc4ccccc4)c4sc5ccccc5n4c3n2)CC1. The molecular formula is C28H27N5O2S. The van der Waals surface area contributed by atoms with Crippen LogP contribution in [0, 0.1) is 0 Å². The number of rotatable bonds is 4. The number of benzene rings is 2. The largest absolute Gasteiger partial charge is 0.355 e. The number of pyridine rings is 2. The maximum atomic E-state index is 13.7. The number of thiazole rings is 1. The molecule has 0 aliphatic carbocycles. The van der Waals surface area contributed by atoms with Crippen molar-refractivity contribution in [2.24, 2.45) is 0 Å². The lowest BCUT2D eigenvalue weighted by Gasteiger charge is -2.22. The van der Waals surface area contributed by atoms with Crippen molar-refractivity contribution in [1.29, 1.82) is 0 Å². The lowest BCUT2D eigenvalue weighted by molar-refractivity contribution is 0.0951. The number of carbonyl (C=O) groups excluding carboxylic acids is 1. The number of nitrogens with one attached hydrogen (secondary N) is 1. The van der Waals surface area contributed by atoms with Crippen molar-refractivity contribution in [3.05, 3.63) is 88.1 Å². The average Bonchev–Trinajstić information content (AvgIpc) is 3.15. The van der Waals surface area contributed by atoms with Crippen LogP contribution in [0.2, 0.25) is 0 Å². The lowest BCUT2D eigenvalue weighted by Crippen LogP contribution is -2.30. The number of aromatic nitrogens is 2. The first-order chi connectivity index (χ1) is 17.6. The smallest absolute Gasteiger partial charge is 0.258 e. The van der Waals surface area contributed by atoms with Crippen LogP contribution < -0.4 is 15.6 Å². The highest BCUT2D eigenvalue weighted by Gasteiger charge is 2.23. The highest BCUT2D eigenvalue weighted by molar-refractivity contribution is 7.24. The van der Waals surface area contributed by atoms with E-state index in [-0.39, 0.29) is 16.9 Å². The van der Waals surface area contributed by atoms with E-state index >= 15 is 0 Å². The number of hydrogen-bond donors (Lipinski definition) is 1. The molecule has 1 amide bonds. The van der Waals surface area contributed by atoms with Gasteiger partial charge in [0.1, 0.15) is 16.2 Å². The van der Waals surface area contributed by atoms with Crippen LogP contribution in [0.5, 0.6) is 0 Å². The Morgan fingerprint density at radius 2 is 1.78 bits per heavy atom. The van der Waals surface area contributed by atoms with Gasteiger partial charge in [-0.3, -0.25) is 14.0 Å². The second-order valence-electron chi connectivity index (χ2n) is 9.27. The van der Waals surface area contributed by atoms with E-state index in [0.717, 1.165) is 54.2 Å². The fraction of sp³-hybridized carbons (Fsp3) is 0.250. The van der Waals surface area contributed by atoms with Crippen LogP contribution in [0.25, 0.3) is 26.1 Å². The molecule has 1 aliphatic rings. The van der Waals surface area contributed by atoms with Crippen LogP contribution in [0.3, 0.4) is 0 Å². The second-order valence-corrected chi connectivity index (χ2v) is 10.3. The zero-order valence-corrected chi connectivity index (χ0v) is 20.9. The van der Waals surface area contributed by atoms with Crippen molar-refractivity contribution in [3.63, 3.8) is 0 Å². The Morgan fingerprint density at radius 1 is 0.972 bits per heavy atom. The number of anilines is 1. The Hall–Kier alpha value is -3.75. The summed E-state index contributed by atoms with van der Waals surface area (Å²) < 4.78 is 2.99. The number of fused-ring (bicyclic) bond motifs is 5. The van der Waals surface area contributed by atoms with Gasteiger partial charge in [-0.25, -0.2) is 4.98 Å². The molecule has 0 atom stereocenters. The molecule has 0 saturated carbocycles. The second kappa shape index (κ2) is 9.37. The van der Waals surface area contributed by atoms with E-state index in [1.165, 1.54) is 11.3 Å². The first kappa shape index (κ1) is 22.7. The topological polar surface area (TPSA) is 70.0 Å². The van der Waals surface area contributed by atoms with E-state index < -0.39 is 0 Å². The Balaban J connectivity index is 1.51. The molecule has 3 aromatic heterocycles. The molecule has 7 nitrogen and oxygen atoms in total. The molecule has 8 heteroatoms. The number of hydrogen-bond acceptors (Lipinski definition) is 6. The van der Waals surface area contributed by atoms with E-state index in [0.29, 0.717) is 22.4 Å². The molecule has 1 fully saturated rings. The number of para-hydroxylation sites is 1. The van der Waals surface area contributed by atoms with Gasteiger partial charge in [0.25, 0.3) is 5.91 Å². The van der Waals surface area contributed by atoms with Crippen molar-refractivity contribution in [2.75, 3.05) is 38.1 Å². The quantitative estimate of drug-likeness (QED) is 0.404. The summed E-state index contributed by atoms with van der Waals surface area (Å²) in [4.78, 5) is 37.4. The van der Waals surface area contributed by atoms with Gasteiger partial charge in [0.2, 0.25) is 5.43 Å². The summed E-state index contributed by atoms with van der Waals surface area (Å²) in [5, 5.41) is 3.41. The molecule has 1 aliphatic heterocycles. The monoisotopic (exact) mass is 497 g/mol. The minimum atomic E-state index is -0.366. The normalized spacial score (nSPS) is 15.0.